The van der Waals surface area contributed by atoms with Gasteiger partial charge in [-0.05, 0) is 18.6 Å². The van der Waals surface area contributed by atoms with Crippen LogP contribution >= 0.6 is 11.6 Å². The standard InChI is InChI=1S/C19H17ClF4N4O2/c1-2-14(21)15-9-28(17-25-7-12(8-26-17)19(22,23)24)18(30)27(15)10-16(29)11-4-3-5-13(20)6-11/h3-8,14-15H,2,9-10H2,1H3/t14-,15+/m0/s1. The minimum atomic E-state index is -4.63. The molecule has 0 spiro atoms. The fourth-order valence-electron chi connectivity index (χ4n) is 3.11. The minimum Gasteiger partial charge on any atom is -0.309 e. The molecule has 3 rings (SSSR count). The van der Waals surface area contributed by atoms with Gasteiger partial charge in [0.1, 0.15) is 6.17 Å². The van der Waals surface area contributed by atoms with E-state index in [-0.39, 0.29) is 24.5 Å². The maximum atomic E-state index is 14.5. The Bertz CT molecular complexity index is 939. The van der Waals surface area contributed by atoms with Gasteiger partial charge in [-0.25, -0.2) is 19.2 Å². The zero-order valence-corrected chi connectivity index (χ0v) is 16.5. The van der Waals surface area contributed by atoms with E-state index in [1.807, 2.05) is 0 Å². The molecule has 0 radical (unpaired) electrons. The second-order valence-electron chi connectivity index (χ2n) is 6.72. The Morgan fingerprint density at radius 1 is 1.30 bits per heavy atom. The highest BCUT2D eigenvalue weighted by Crippen LogP contribution is 2.30. The van der Waals surface area contributed by atoms with Gasteiger partial charge in [0.25, 0.3) is 0 Å². The molecule has 6 nitrogen and oxygen atoms in total. The van der Waals surface area contributed by atoms with E-state index in [1.165, 1.54) is 12.1 Å². The van der Waals surface area contributed by atoms with Crippen LogP contribution < -0.4 is 4.90 Å². The highest BCUT2D eigenvalue weighted by atomic mass is 35.5. The molecule has 0 aliphatic carbocycles. The summed E-state index contributed by atoms with van der Waals surface area (Å²) in [5.74, 6) is -0.742. The molecule has 2 heterocycles. The second-order valence-corrected chi connectivity index (χ2v) is 7.15. The maximum Gasteiger partial charge on any atom is 0.419 e. The van der Waals surface area contributed by atoms with Gasteiger partial charge in [-0.15, -0.1) is 0 Å². The van der Waals surface area contributed by atoms with Gasteiger partial charge < -0.3 is 4.90 Å². The van der Waals surface area contributed by atoms with Crippen molar-refractivity contribution in [2.45, 2.75) is 31.7 Å². The molecule has 30 heavy (non-hydrogen) atoms. The Balaban J connectivity index is 1.85. The fraction of sp³-hybridized carbons (Fsp3) is 0.368. The van der Waals surface area contributed by atoms with Crippen molar-refractivity contribution >= 4 is 29.4 Å². The van der Waals surface area contributed by atoms with Crippen LogP contribution in [-0.2, 0) is 6.18 Å². The molecule has 0 N–H and O–H groups in total. The van der Waals surface area contributed by atoms with Crippen molar-refractivity contribution in [2.24, 2.45) is 0 Å². The molecule has 1 aliphatic heterocycles. The number of benzene rings is 1. The van der Waals surface area contributed by atoms with Crippen LogP contribution in [0.5, 0.6) is 0 Å². The summed E-state index contributed by atoms with van der Waals surface area (Å²) in [6.45, 7) is 0.979. The number of alkyl halides is 4. The number of Topliss-reactive ketones (excluding diaryl/α,β-unsaturated/α-hetero) is 1. The molecule has 1 aromatic heterocycles. The Kier molecular flexibility index (Phi) is 6.25. The number of hydrogen-bond donors (Lipinski definition) is 0. The van der Waals surface area contributed by atoms with E-state index >= 15 is 0 Å². The van der Waals surface area contributed by atoms with Crippen LogP contribution in [0.15, 0.2) is 36.7 Å². The fourth-order valence-corrected chi connectivity index (χ4v) is 3.30. The van der Waals surface area contributed by atoms with E-state index in [0.29, 0.717) is 17.4 Å². The van der Waals surface area contributed by atoms with Crippen molar-refractivity contribution < 1.29 is 27.2 Å². The van der Waals surface area contributed by atoms with Crippen LogP contribution in [0.25, 0.3) is 0 Å². The third-order valence-electron chi connectivity index (χ3n) is 4.72. The smallest absolute Gasteiger partial charge is 0.309 e. The summed E-state index contributed by atoms with van der Waals surface area (Å²) >= 11 is 5.89. The number of anilines is 1. The van der Waals surface area contributed by atoms with Crippen molar-refractivity contribution in [3.8, 4) is 0 Å². The second kappa shape index (κ2) is 8.55. The molecule has 2 atom stereocenters. The van der Waals surface area contributed by atoms with Gasteiger partial charge in [0.05, 0.1) is 24.7 Å². The van der Waals surface area contributed by atoms with Gasteiger partial charge in [-0.1, -0.05) is 30.7 Å². The van der Waals surface area contributed by atoms with Gasteiger partial charge in [-0.3, -0.25) is 9.69 Å². The number of carbonyl (C=O) groups is 2. The van der Waals surface area contributed by atoms with E-state index in [2.05, 4.69) is 9.97 Å². The van der Waals surface area contributed by atoms with Gasteiger partial charge in [0.2, 0.25) is 5.95 Å². The highest BCUT2D eigenvalue weighted by molar-refractivity contribution is 6.31. The number of halogens is 5. The normalized spacial score (nSPS) is 18.1. The summed E-state index contributed by atoms with van der Waals surface area (Å²) in [5, 5.41) is 0.335. The summed E-state index contributed by atoms with van der Waals surface area (Å²) in [5.41, 5.74) is -0.815. The predicted molar refractivity (Wildman–Crippen MR) is 101 cm³/mol. The number of hydrogen-bond acceptors (Lipinski definition) is 4. The molecule has 1 fully saturated rings. The summed E-state index contributed by atoms with van der Waals surface area (Å²) in [7, 11) is 0. The lowest BCUT2D eigenvalue weighted by molar-refractivity contribution is -0.138. The van der Waals surface area contributed by atoms with Crippen LogP contribution in [0.4, 0.5) is 28.3 Å². The van der Waals surface area contributed by atoms with Gasteiger partial charge >= 0.3 is 12.2 Å². The predicted octanol–water partition coefficient (Wildman–Crippen LogP) is 4.39. The molecular formula is C19H17ClF4N4O2. The molecule has 0 bridgehead atoms. The number of ketones is 1. The average Bonchev–Trinajstić information content (AvgIpc) is 3.03. The van der Waals surface area contributed by atoms with Crippen molar-refractivity contribution in [3.63, 3.8) is 0 Å². The number of rotatable bonds is 6. The summed E-state index contributed by atoms with van der Waals surface area (Å²) in [6, 6.07) is 4.38. The first kappa shape index (κ1) is 21.9. The molecule has 160 valence electrons. The molecule has 1 saturated heterocycles. The topological polar surface area (TPSA) is 66.4 Å². The maximum absolute atomic E-state index is 14.5. The largest absolute Gasteiger partial charge is 0.419 e. The summed E-state index contributed by atoms with van der Waals surface area (Å²) < 4.78 is 52.7. The zero-order valence-electron chi connectivity index (χ0n) is 15.7. The molecular weight excluding hydrogens is 428 g/mol. The molecule has 11 heteroatoms. The Morgan fingerprint density at radius 3 is 2.53 bits per heavy atom. The van der Waals surface area contributed by atoms with Gasteiger partial charge in [-0.2, -0.15) is 13.2 Å². The summed E-state index contributed by atoms with van der Waals surface area (Å²) in [6.07, 6.45) is -4.88. The Labute approximate surface area is 174 Å². The van der Waals surface area contributed by atoms with E-state index in [9.17, 15) is 27.2 Å². The lowest BCUT2D eigenvalue weighted by Crippen LogP contribution is -2.43. The lowest BCUT2D eigenvalue weighted by Gasteiger charge is -2.24. The quantitative estimate of drug-likeness (QED) is 0.489. The molecule has 1 aromatic carbocycles. The third-order valence-corrected chi connectivity index (χ3v) is 4.96. The number of amides is 2. The van der Waals surface area contributed by atoms with Gasteiger partial charge in [0, 0.05) is 23.0 Å². The van der Waals surface area contributed by atoms with Crippen molar-refractivity contribution in [1.82, 2.24) is 14.9 Å². The first-order valence-corrected chi connectivity index (χ1v) is 9.39. The SMILES string of the molecule is CC[C@H](F)[C@H]1CN(c2ncc(C(F)(F)F)cn2)C(=O)N1CC(=O)c1cccc(Cl)c1. The molecule has 0 saturated carbocycles. The van der Waals surface area contributed by atoms with Crippen molar-refractivity contribution in [2.75, 3.05) is 18.0 Å². The van der Waals surface area contributed by atoms with E-state index < -0.39 is 42.3 Å². The number of aromatic nitrogens is 2. The van der Waals surface area contributed by atoms with Crippen molar-refractivity contribution in [1.29, 1.82) is 0 Å². The average molecular weight is 445 g/mol. The van der Waals surface area contributed by atoms with E-state index in [4.69, 9.17) is 11.6 Å². The zero-order chi connectivity index (χ0) is 22.1. The number of urea groups is 1. The number of carbonyl (C=O) groups excluding carboxylic acids is 2. The first-order chi connectivity index (χ1) is 14.1. The highest BCUT2D eigenvalue weighted by Gasteiger charge is 2.44. The lowest BCUT2D eigenvalue weighted by atomic mass is 10.1. The van der Waals surface area contributed by atoms with Crippen molar-refractivity contribution in [3.05, 3.63) is 52.8 Å². The Hall–Kier alpha value is -2.75. The number of nitrogens with zero attached hydrogens (tertiary/aromatic N) is 4. The van der Waals surface area contributed by atoms with E-state index in [1.54, 1.807) is 19.1 Å². The molecule has 2 amide bonds. The minimum absolute atomic E-state index is 0.0848. The Morgan fingerprint density at radius 2 is 1.97 bits per heavy atom. The third kappa shape index (κ3) is 4.53. The van der Waals surface area contributed by atoms with E-state index in [0.717, 1.165) is 9.80 Å². The monoisotopic (exact) mass is 444 g/mol. The first-order valence-electron chi connectivity index (χ1n) is 9.02. The molecule has 1 aliphatic rings. The summed E-state index contributed by atoms with van der Waals surface area (Å²) in [4.78, 5) is 34.7. The molecule has 2 aromatic rings. The van der Waals surface area contributed by atoms with Crippen LogP contribution in [-0.4, -0.2) is 52.0 Å². The van der Waals surface area contributed by atoms with Crippen LogP contribution in [0.1, 0.15) is 29.3 Å². The van der Waals surface area contributed by atoms with Crippen LogP contribution in [0, 0.1) is 0 Å². The van der Waals surface area contributed by atoms with Crippen LogP contribution in [0.3, 0.4) is 0 Å². The van der Waals surface area contributed by atoms with Gasteiger partial charge in [0.15, 0.2) is 5.78 Å². The molecule has 0 unspecified atom stereocenters. The van der Waals surface area contributed by atoms with Crippen LogP contribution in [0.2, 0.25) is 5.02 Å².